The third-order valence-corrected chi connectivity index (χ3v) is 5.61. The molecule has 0 bridgehead atoms. The van der Waals surface area contributed by atoms with Crippen LogP contribution in [-0.4, -0.2) is 18.8 Å². The molecule has 0 amide bonds. The number of nitriles is 1. The second-order valence-corrected chi connectivity index (χ2v) is 7.03. The number of nitrogens with one attached hydrogen (secondary N) is 1. The lowest BCUT2D eigenvalue weighted by Crippen LogP contribution is -2.60. The molecule has 2 aliphatic rings. The van der Waals surface area contributed by atoms with Gasteiger partial charge in [0.25, 0.3) is 0 Å². The van der Waals surface area contributed by atoms with Crippen LogP contribution in [0.2, 0.25) is 0 Å². The van der Waals surface area contributed by atoms with Crippen molar-refractivity contribution in [3.8, 4) is 6.07 Å². The third kappa shape index (κ3) is 2.58. The Morgan fingerprint density at radius 1 is 1.43 bits per heavy atom. The average Bonchev–Trinajstić information content (AvgIpc) is 3.00. The van der Waals surface area contributed by atoms with Crippen LogP contribution in [0.3, 0.4) is 0 Å². The fourth-order valence-electron chi connectivity index (χ4n) is 4.01. The Balaban J connectivity index is 1.78. The van der Waals surface area contributed by atoms with Crippen LogP contribution < -0.4 is 5.32 Å². The van der Waals surface area contributed by atoms with Gasteiger partial charge < -0.3 is 10.1 Å². The molecule has 0 radical (unpaired) electrons. The largest absolute Gasteiger partial charge is 0.380 e. The van der Waals surface area contributed by atoms with E-state index in [2.05, 4.69) is 34.2 Å². The second-order valence-electron chi connectivity index (χ2n) is 6.12. The van der Waals surface area contributed by atoms with Gasteiger partial charge in [-0.3, -0.25) is 0 Å². The lowest BCUT2D eigenvalue weighted by atomic mass is 9.60. The van der Waals surface area contributed by atoms with E-state index in [9.17, 15) is 5.26 Å². The van der Waals surface area contributed by atoms with Crippen molar-refractivity contribution >= 4 is 21.6 Å². The summed E-state index contributed by atoms with van der Waals surface area (Å²) >= 11 is 3.43. The summed E-state index contributed by atoms with van der Waals surface area (Å²) in [6.45, 7) is 2.87. The van der Waals surface area contributed by atoms with Crippen LogP contribution in [0.4, 0.5) is 5.69 Å². The molecule has 0 saturated heterocycles. The molecule has 3 rings (SSSR count). The van der Waals surface area contributed by atoms with E-state index in [0.717, 1.165) is 23.2 Å². The topological polar surface area (TPSA) is 45.0 Å². The molecule has 0 heterocycles. The normalized spacial score (nSPS) is 26.3. The molecule has 4 heteroatoms. The zero-order chi connectivity index (χ0) is 14.9. The maximum Gasteiger partial charge on any atom is 0.101 e. The summed E-state index contributed by atoms with van der Waals surface area (Å²) in [5, 5.41) is 12.9. The minimum Gasteiger partial charge on any atom is -0.380 e. The SMILES string of the molecule is CCOC1CC(Nc2ccc(Br)cc2C#N)C12CCCC2. The minimum absolute atomic E-state index is 0.288. The Labute approximate surface area is 134 Å². The number of ether oxygens (including phenoxy) is 1. The summed E-state index contributed by atoms with van der Waals surface area (Å²) in [4.78, 5) is 0. The van der Waals surface area contributed by atoms with E-state index < -0.39 is 0 Å². The van der Waals surface area contributed by atoms with Crippen molar-refractivity contribution in [1.29, 1.82) is 5.26 Å². The van der Waals surface area contributed by atoms with Gasteiger partial charge in [-0.15, -0.1) is 0 Å². The molecule has 1 spiro atoms. The van der Waals surface area contributed by atoms with Crippen LogP contribution in [0.5, 0.6) is 0 Å². The van der Waals surface area contributed by atoms with Gasteiger partial charge in [0.2, 0.25) is 0 Å². The molecular formula is C17H21BrN2O. The predicted octanol–water partition coefficient (Wildman–Crippen LogP) is 4.47. The fourth-order valence-corrected chi connectivity index (χ4v) is 4.37. The van der Waals surface area contributed by atoms with E-state index >= 15 is 0 Å². The number of rotatable bonds is 4. The van der Waals surface area contributed by atoms with Gasteiger partial charge in [0.1, 0.15) is 6.07 Å². The molecule has 2 aliphatic carbocycles. The number of anilines is 1. The van der Waals surface area contributed by atoms with Crippen LogP contribution in [0, 0.1) is 16.7 Å². The maximum absolute atomic E-state index is 9.30. The van der Waals surface area contributed by atoms with E-state index in [-0.39, 0.29) is 5.41 Å². The molecule has 0 aliphatic heterocycles. The van der Waals surface area contributed by atoms with Crippen LogP contribution in [0.15, 0.2) is 22.7 Å². The van der Waals surface area contributed by atoms with Gasteiger partial charge in [-0.1, -0.05) is 28.8 Å². The lowest BCUT2D eigenvalue weighted by Gasteiger charge is -2.54. The van der Waals surface area contributed by atoms with E-state index in [0.29, 0.717) is 17.7 Å². The number of benzene rings is 1. The zero-order valence-corrected chi connectivity index (χ0v) is 13.9. The number of nitrogens with zero attached hydrogens (tertiary/aromatic N) is 1. The van der Waals surface area contributed by atoms with Gasteiger partial charge in [0.15, 0.2) is 0 Å². The third-order valence-electron chi connectivity index (χ3n) is 5.12. The maximum atomic E-state index is 9.30. The molecule has 0 aromatic heterocycles. The van der Waals surface area contributed by atoms with E-state index in [1.807, 2.05) is 18.2 Å². The highest BCUT2D eigenvalue weighted by Gasteiger charge is 2.56. The molecule has 1 aromatic rings. The van der Waals surface area contributed by atoms with Gasteiger partial charge in [-0.2, -0.15) is 5.26 Å². The van der Waals surface area contributed by atoms with Crippen molar-refractivity contribution in [2.75, 3.05) is 11.9 Å². The molecule has 1 N–H and O–H groups in total. The van der Waals surface area contributed by atoms with Crippen molar-refractivity contribution in [3.05, 3.63) is 28.2 Å². The molecule has 112 valence electrons. The first kappa shape index (κ1) is 14.9. The minimum atomic E-state index is 0.288. The second kappa shape index (κ2) is 5.98. The summed E-state index contributed by atoms with van der Waals surface area (Å²) in [5.41, 5.74) is 1.94. The summed E-state index contributed by atoms with van der Waals surface area (Å²) in [7, 11) is 0. The quantitative estimate of drug-likeness (QED) is 0.872. The Hall–Kier alpha value is -1.05. The average molecular weight is 349 g/mol. The van der Waals surface area contributed by atoms with Crippen LogP contribution >= 0.6 is 15.9 Å². The zero-order valence-electron chi connectivity index (χ0n) is 12.4. The highest BCUT2D eigenvalue weighted by molar-refractivity contribution is 9.10. The molecule has 2 fully saturated rings. The van der Waals surface area contributed by atoms with Crippen LogP contribution in [0.1, 0.15) is 44.6 Å². The molecule has 2 saturated carbocycles. The molecule has 1 aromatic carbocycles. The first-order chi connectivity index (χ1) is 10.2. The van der Waals surface area contributed by atoms with Gasteiger partial charge in [0, 0.05) is 22.5 Å². The van der Waals surface area contributed by atoms with Crippen molar-refractivity contribution in [1.82, 2.24) is 0 Å². The highest BCUT2D eigenvalue weighted by Crippen LogP contribution is 2.55. The summed E-state index contributed by atoms with van der Waals surface area (Å²) in [6.07, 6.45) is 6.53. The van der Waals surface area contributed by atoms with Crippen molar-refractivity contribution < 1.29 is 4.74 Å². The van der Waals surface area contributed by atoms with E-state index in [1.165, 1.54) is 25.7 Å². The predicted molar refractivity (Wildman–Crippen MR) is 87.2 cm³/mol. The molecule has 3 nitrogen and oxygen atoms in total. The van der Waals surface area contributed by atoms with Crippen molar-refractivity contribution in [2.45, 2.75) is 51.2 Å². The van der Waals surface area contributed by atoms with Crippen molar-refractivity contribution in [2.24, 2.45) is 5.41 Å². The smallest absolute Gasteiger partial charge is 0.101 e. The van der Waals surface area contributed by atoms with Gasteiger partial charge in [-0.25, -0.2) is 0 Å². The molecule has 2 atom stereocenters. The Bertz CT molecular complexity index is 560. The number of hydrogen-bond donors (Lipinski definition) is 1. The fraction of sp³-hybridized carbons (Fsp3) is 0.588. The lowest BCUT2D eigenvalue weighted by molar-refractivity contribution is -0.114. The van der Waals surface area contributed by atoms with Crippen molar-refractivity contribution in [3.63, 3.8) is 0 Å². The Morgan fingerprint density at radius 2 is 2.19 bits per heavy atom. The molecule has 21 heavy (non-hydrogen) atoms. The molecule has 2 unspecified atom stereocenters. The van der Waals surface area contributed by atoms with E-state index in [1.54, 1.807) is 0 Å². The van der Waals surface area contributed by atoms with E-state index in [4.69, 9.17) is 4.74 Å². The van der Waals surface area contributed by atoms with Crippen LogP contribution in [0.25, 0.3) is 0 Å². The number of halogens is 1. The van der Waals surface area contributed by atoms with Gasteiger partial charge >= 0.3 is 0 Å². The van der Waals surface area contributed by atoms with Gasteiger partial charge in [0.05, 0.1) is 17.4 Å². The summed E-state index contributed by atoms with van der Waals surface area (Å²) in [5.74, 6) is 0. The first-order valence-corrected chi connectivity index (χ1v) is 8.56. The summed E-state index contributed by atoms with van der Waals surface area (Å²) < 4.78 is 6.89. The Kier molecular flexibility index (Phi) is 4.24. The van der Waals surface area contributed by atoms with Crippen LogP contribution in [-0.2, 0) is 4.74 Å². The standard InChI is InChI=1S/C17H21BrN2O/c1-2-21-16-10-15(17(16)7-3-4-8-17)20-14-6-5-13(18)9-12(14)11-19/h5-6,9,15-16,20H,2-4,7-8,10H2,1H3. The number of hydrogen-bond acceptors (Lipinski definition) is 3. The van der Waals surface area contributed by atoms with Gasteiger partial charge in [-0.05, 0) is 44.4 Å². The monoisotopic (exact) mass is 348 g/mol. The first-order valence-electron chi connectivity index (χ1n) is 7.77. The highest BCUT2D eigenvalue weighted by atomic mass is 79.9. The Morgan fingerprint density at radius 3 is 2.86 bits per heavy atom. The molecular weight excluding hydrogens is 328 g/mol. The summed E-state index contributed by atoms with van der Waals surface area (Å²) in [6, 6.07) is 8.58.